The maximum atomic E-state index is 12.9. The van der Waals surface area contributed by atoms with Gasteiger partial charge in [-0.3, -0.25) is 9.59 Å². The van der Waals surface area contributed by atoms with Gasteiger partial charge >= 0.3 is 0 Å². The van der Waals surface area contributed by atoms with E-state index in [-0.39, 0.29) is 37.3 Å². The van der Waals surface area contributed by atoms with Crippen molar-refractivity contribution in [2.75, 3.05) is 26.4 Å². The molecular formula is C22H21ClN4O4. The van der Waals surface area contributed by atoms with E-state index in [1.54, 1.807) is 22.9 Å². The SMILES string of the molecule is O=C1CN(C(=O)c2cc(-c3cccc(OCCCO)c3)n(-c3cccc(Cl)c3)n2)CN1. The van der Waals surface area contributed by atoms with Crippen molar-refractivity contribution in [3.05, 3.63) is 65.3 Å². The monoisotopic (exact) mass is 440 g/mol. The molecule has 3 aromatic rings. The number of aromatic nitrogens is 2. The topological polar surface area (TPSA) is 96.7 Å². The minimum absolute atomic E-state index is 0.00632. The first kappa shape index (κ1) is 20.9. The van der Waals surface area contributed by atoms with E-state index in [2.05, 4.69) is 10.4 Å². The van der Waals surface area contributed by atoms with E-state index >= 15 is 0 Å². The van der Waals surface area contributed by atoms with E-state index in [1.165, 1.54) is 4.90 Å². The molecule has 0 saturated carbocycles. The molecule has 0 radical (unpaired) electrons. The van der Waals surface area contributed by atoms with Crippen LogP contribution in [-0.4, -0.2) is 58.0 Å². The van der Waals surface area contributed by atoms with Crippen LogP contribution in [0.25, 0.3) is 16.9 Å². The molecule has 4 rings (SSSR count). The normalized spacial score (nSPS) is 13.4. The average molecular weight is 441 g/mol. The fourth-order valence-electron chi connectivity index (χ4n) is 3.27. The Hall–Kier alpha value is -3.36. The zero-order valence-corrected chi connectivity index (χ0v) is 17.4. The molecule has 1 aliphatic heterocycles. The van der Waals surface area contributed by atoms with Gasteiger partial charge in [-0.1, -0.05) is 29.8 Å². The zero-order chi connectivity index (χ0) is 21.8. The molecule has 9 heteroatoms. The second-order valence-corrected chi connectivity index (χ2v) is 7.46. The lowest BCUT2D eigenvalue weighted by molar-refractivity contribution is -0.118. The summed E-state index contributed by atoms with van der Waals surface area (Å²) in [6.45, 7) is 0.616. The van der Waals surface area contributed by atoms with Crippen molar-refractivity contribution in [1.82, 2.24) is 20.0 Å². The number of carbonyl (C=O) groups is 2. The molecule has 2 amide bonds. The molecule has 1 fully saturated rings. The fraction of sp³-hybridized carbons (Fsp3) is 0.227. The molecule has 0 aliphatic carbocycles. The molecule has 0 atom stereocenters. The van der Waals surface area contributed by atoms with E-state index in [0.717, 1.165) is 5.56 Å². The van der Waals surface area contributed by atoms with Gasteiger partial charge in [-0.15, -0.1) is 0 Å². The van der Waals surface area contributed by atoms with Crippen molar-refractivity contribution in [2.24, 2.45) is 0 Å². The smallest absolute Gasteiger partial charge is 0.276 e. The molecule has 1 aromatic heterocycles. The number of carbonyl (C=O) groups excluding carboxylic acids is 2. The quantitative estimate of drug-likeness (QED) is 0.550. The first-order valence-corrected chi connectivity index (χ1v) is 10.2. The molecule has 2 aromatic carbocycles. The number of ether oxygens (including phenoxy) is 1. The van der Waals surface area contributed by atoms with Gasteiger partial charge in [0.1, 0.15) is 12.3 Å². The predicted octanol–water partition coefficient (Wildman–Crippen LogP) is 2.48. The molecule has 0 spiro atoms. The van der Waals surface area contributed by atoms with Crippen LogP contribution in [0.4, 0.5) is 0 Å². The molecule has 2 heterocycles. The third kappa shape index (κ3) is 4.70. The van der Waals surface area contributed by atoms with Crippen LogP contribution in [-0.2, 0) is 4.79 Å². The summed E-state index contributed by atoms with van der Waals surface area (Å²) in [5.74, 6) is 0.110. The summed E-state index contributed by atoms with van der Waals surface area (Å²) < 4.78 is 7.34. The summed E-state index contributed by atoms with van der Waals surface area (Å²) >= 11 is 6.18. The Morgan fingerprint density at radius 2 is 2.03 bits per heavy atom. The highest BCUT2D eigenvalue weighted by atomic mass is 35.5. The molecule has 31 heavy (non-hydrogen) atoms. The van der Waals surface area contributed by atoms with Gasteiger partial charge < -0.3 is 20.1 Å². The summed E-state index contributed by atoms with van der Waals surface area (Å²) in [5.41, 5.74) is 2.39. The van der Waals surface area contributed by atoms with Crippen LogP contribution < -0.4 is 10.1 Å². The van der Waals surface area contributed by atoms with Gasteiger partial charge in [0, 0.05) is 23.6 Å². The van der Waals surface area contributed by atoms with Crippen LogP contribution in [0.1, 0.15) is 16.9 Å². The lowest BCUT2D eigenvalue weighted by Gasteiger charge is -2.11. The molecule has 0 bridgehead atoms. The molecule has 0 unspecified atom stereocenters. The lowest BCUT2D eigenvalue weighted by Crippen LogP contribution is -2.30. The van der Waals surface area contributed by atoms with E-state index in [9.17, 15) is 9.59 Å². The molecule has 1 saturated heterocycles. The van der Waals surface area contributed by atoms with Crippen molar-refractivity contribution in [2.45, 2.75) is 6.42 Å². The van der Waals surface area contributed by atoms with Crippen molar-refractivity contribution >= 4 is 23.4 Å². The van der Waals surface area contributed by atoms with Crippen molar-refractivity contribution in [3.63, 3.8) is 0 Å². The first-order chi connectivity index (χ1) is 15.0. The van der Waals surface area contributed by atoms with Gasteiger partial charge in [-0.2, -0.15) is 5.10 Å². The third-order valence-corrected chi connectivity index (χ3v) is 5.01. The van der Waals surface area contributed by atoms with Crippen LogP contribution in [0.2, 0.25) is 5.02 Å². The van der Waals surface area contributed by atoms with Crippen LogP contribution in [0.15, 0.2) is 54.6 Å². The fourth-order valence-corrected chi connectivity index (χ4v) is 3.45. The zero-order valence-electron chi connectivity index (χ0n) is 16.6. The number of rotatable bonds is 7. The highest BCUT2D eigenvalue weighted by Gasteiger charge is 2.27. The van der Waals surface area contributed by atoms with Crippen molar-refractivity contribution < 1.29 is 19.4 Å². The Morgan fingerprint density at radius 3 is 2.77 bits per heavy atom. The predicted molar refractivity (Wildman–Crippen MR) is 115 cm³/mol. The summed E-state index contributed by atoms with van der Waals surface area (Å²) in [6, 6.07) is 16.3. The standard InChI is InChI=1S/C22H21ClN4O4/c23-16-5-2-6-17(11-16)27-20(15-4-1-7-18(10-15)31-9-3-8-28)12-19(25-27)22(30)26-13-21(29)24-14-26/h1-2,4-7,10-12,28H,3,8-9,13-14H2,(H,24,29). The number of halogens is 1. The van der Waals surface area contributed by atoms with Crippen LogP contribution >= 0.6 is 11.6 Å². The van der Waals surface area contributed by atoms with Crippen LogP contribution in [0, 0.1) is 0 Å². The lowest BCUT2D eigenvalue weighted by atomic mass is 10.1. The number of aliphatic hydroxyl groups is 1. The van der Waals surface area contributed by atoms with E-state index < -0.39 is 0 Å². The molecular weight excluding hydrogens is 420 g/mol. The van der Waals surface area contributed by atoms with Crippen molar-refractivity contribution in [1.29, 1.82) is 0 Å². The number of nitrogens with one attached hydrogen (secondary N) is 1. The van der Waals surface area contributed by atoms with Gasteiger partial charge in [0.05, 0.1) is 24.7 Å². The summed E-state index contributed by atoms with van der Waals surface area (Å²) in [4.78, 5) is 25.8. The molecule has 2 N–H and O–H groups in total. The molecule has 1 aliphatic rings. The van der Waals surface area contributed by atoms with Crippen LogP contribution in [0.5, 0.6) is 5.75 Å². The number of benzene rings is 2. The Kier molecular flexibility index (Phi) is 6.20. The minimum atomic E-state index is -0.337. The maximum Gasteiger partial charge on any atom is 0.276 e. The van der Waals surface area contributed by atoms with Gasteiger partial charge in [0.25, 0.3) is 5.91 Å². The number of nitrogens with zero attached hydrogens (tertiary/aromatic N) is 3. The maximum absolute atomic E-state index is 12.9. The van der Waals surface area contributed by atoms with Gasteiger partial charge in [0.2, 0.25) is 5.91 Å². The van der Waals surface area contributed by atoms with Gasteiger partial charge in [-0.05, 0) is 36.4 Å². The van der Waals surface area contributed by atoms with Crippen LogP contribution in [0.3, 0.4) is 0 Å². The summed E-state index contributed by atoms with van der Waals surface area (Å²) in [7, 11) is 0. The van der Waals surface area contributed by atoms with Gasteiger partial charge in [0.15, 0.2) is 5.69 Å². The third-order valence-electron chi connectivity index (χ3n) is 4.77. The Balaban J connectivity index is 1.73. The summed E-state index contributed by atoms with van der Waals surface area (Å²) in [6.07, 6.45) is 0.534. The van der Waals surface area contributed by atoms with Gasteiger partial charge in [-0.25, -0.2) is 4.68 Å². The number of hydrogen-bond acceptors (Lipinski definition) is 5. The number of aliphatic hydroxyl groups excluding tert-OH is 1. The minimum Gasteiger partial charge on any atom is -0.493 e. The number of hydrogen-bond donors (Lipinski definition) is 2. The van der Waals surface area contributed by atoms with E-state index in [4.69, 9.17) is 21.4 Å². The van der Waals surface area contributed by atoms with E-state index in [0.29, 0.717) is 35.2 Å². The van der Waals surface area contributed by atoms with E-state index in [1.807, 2.05) is 36.4 Å². The Labute approximate surface area is 184 Å². The average Bonchev–Trinajstić information content (AvgIpc) is 3.41. The largest absolute Gasteiger partial charge is 0.493 e. The highest BCUT2D eigenvalue weighted by Crippen LogP contribution is 2.28. The second-order valence-electron chi connectivity index (χ2n) is 7.02. The number of amides is 2. The first-order valence-electron chi connectivity index (χ1n) is 9.81. The molecule has 8 nitrogen and oxygen atoms in total. The summed E-state index contributed by atoms with van der Waals surface area (Å²) in [5, 5.41) is 16.7. The molecule has 160 valence electrons. The second kappa shape index (κ2) is 9.20. The highest BCUT2D eigenvalue weighted by molar-refractivity contribution is 6.30. The Bertz CT molecular complexity index is 1110. The Morgan fingerprint density at radius 1 is 1.19 bits per heavy atom. The van der Waals surface area contributed by atoms with Crippen molar-refractivity contribution in [3.8, 4) is 22.7 Å².